The Kier molecular flexibility index (Phi) is 11.8. The highest BCUT2D eigenvalue weighted by atomic mass is 35.5. The lowest BCUT2D eigenvalue weighted by atomic mass is 10.1. The molecule has 0 aromatic heterocycles. The predicted octanol–water partition coefficient (Wildman–Crippen LogP) is 4.02. The number of sulfonamides is 2. The second kappa shape index (κ2) is 13.3. The normalized spacial score (nSPS) is 12.2. The number of hydrogen-bond acceptors (Lipinski definition) is 7. The van der Waals surface area contributed by atoms with E-state index < -0.39 is 37.5 Å². The van der Waals surface area contributed by atoms with Crippen molar-refractivity contribution in [3.8, 4) is 5.75 Å². The van der Waals surface area contributed by atoms with Crippen LogP contribution < -0.4 is 8.45 Å². The number of hydrogen-bond donors (Lipinski definition) is 0. The predicted molar refractivity (Wildman–Crippen MR) is 129 cm³/mol. The maximum absolute atomic E-state index is 13.3. The van der Waals surface area contributed by atoms with Crippen LogP contribution in [-0.2, 0) is 24.8 Å². The van der Waals surface area contributed by atoms with Crippen LogP contribution in [0.25, 0.3) is 6.08 Å². The van der Waals surface area contributed by atoms with Gasteiger partial charge in [-0.3, -0.25) is 0 Å². The topological polar surface area (TPSA) is 107 Å². The van der Waals surface area contributed by atoms with E-state index >= 15 is 0 Å². The molecule has 0 aliphatic rings. The van der Waals surface area contributed by atoms with Crippen molar-refractivity contribution in [1.29, 1.82) is 0 Å². The molecule has 0 N–H and O–H groups in total. The number of allylic oxidation sites excluding steroid dienone is 1. The van der Waals surface area contributed by atoms with Crippen molar-refractivity contribution in [3.63, 3.8) is 0 Å². The number of rotatable bonds is 14. The fourth-order valence-electron chi connectivity index (χ4n) is 2.93. The third kappa shape index (κ3) is 7.54. The van der Waals surface area contributed by atoms with Gasteiger partial charge in [-0.05, 0) is 44.7 Å². The Balaban J connectivity index is 3.84. The quantitative estimate of drug-likeness (QED) is 0.203. The van der Waals surface area contributed by atoms with E-state index in [-0.39, 0.29) is 41.6 Å². The van der Waals surface area contributed by atoms with Gasteiger partial charge in [0.05, 0.1) is 31.3 Å². The molecule has 8 nitrogen and oxygen atoms in total. The first kappa shape index (κ1) is 28.5. The molecule has 1 rings (SSSR count). The van der Waals surface area contributed by atoms with Gasteiger partial charge in [-0.25, -0.2) is 21.6 Å². The highest BCUT2D eigenvalue weighted by molar-refractivity contribution is 8.10. The summed E-state index contributed by atoms with van der Waals surface area (Å²) in [5.41, 5.74) is 0.0263. The van der Waals surface area contributed by atoms with Gasteiger partial charge < -0.3 is 9.47 Å². The summed E-state index contributed by atoms with van der Waals surface area (Å²) in [6.07, 6.45) is 4.35. The molecule has 0 fully saturated rings. The zero-order valence-corrected chi connectivity index (χ0v) is 21.5. The largest absolute Gasteiger partial charge is 0.494 e. The van der Waals surface area contributed by atoms with Crippen molar-refractivity contribution in [2.45, 2.75) is 32.6 Å². The van der Waals surface area contributed by atoms with Gasteiger partial charge in [-0.2, -0.15) is 3.71 Å². The summed E-state index contributed by atoms with van der Waals surface area (Å²) in [5.74, 6) is -1.16. The Hall–Kier alpha value is -1.49. The number of nitrogens with zero attached hydrogens (tertiary/aromatic N) is 1. The Labute approximate surface area is 200 Å². The van der Waals surface area contributed by atoms with Gasteiger partial charge >= 0.3 is 5.97 Å². The van der Waals surface area contributed by atoms with Gasteiger partial charge in [0, 0.05) is 17.3 Å². The number of alkyl halides is 2. The molecule has 12 heteroatoms. The summed E-state index contributed by atoms with van der Waals surface area (Å²) in [7, 11) is -6.25. The number of esters is 1. The van der Waals surface area contributed by atoms with Gasteiger partial charge in [-0.1, -0.05) is 12.2 Å². The van der Waals surface area contributed by atoms with Crippen LogP contribution in [0.3, 0.4) is 0 Å². The molecule has 0 aliphatic heterocycles. The summed E-state index contributed by atoms with van der Waals surface area (Å²) in [6.45, 7) is 1.72. The molecule has 0 saturated carbocycles. The van der Waals surface area contributed by atoms with E-state index in [2.05, 4.69) is 0 Å². The zero-order valence-electron chi connectivity index (χ0n) is 18.3. The molecule has 0 heterocycles. The monoisotopic (exact) mass is 529 g/mol. The molecule has 0 radical (unpaired) electrons. The second-order valence-electron chi connectivity index (χ2n) is 6.73. The number of anilines is 1. The maximum atomic E-state index is 13.3. The lowest BCUT2D eigenvalue weighted by Gasteiger charge is -2.26. The van der Waals surface area contributed by atoms with E-state index in [4.69, 9.17) is 32.7 Å². The van der Waals surface area contributed by atoms with Crippen LogP contribution in [0, 0.1) is 0 Å². The van der Waals surface area contributed by atoms with Crippen LogP contribution in [0.5, 0.6) is 5.75 Å². The summed E-state index contributed by atoms with van der Waals surface area (Å²) in [4.78, 5) is 12.2. The number of methoxy groups -OCH3 is 2. The molecule has 0 spiro atoms. The second-order valence-corrected chi connectivity index (χ2v) is 11.6. The number of carbonyl (C=O) groups excluding carboxylic acids is 1. The standard InChI is InChI=1S/C20H29Cl2NO7S2/c1-4-9-16-14-17(20(24)30-3)15-18(19(16)29-2)23(31(25,26)12-7-5-10-21)32(27,28)13-8-6-11-22/h4,9,14-15H,5-8,10-13H2,1-3H3. The molecular formula is C20H29Cl2NO7S2. The first-order valence-corrected chi connectivity index (χ1v) is 14.2. The van der Waals surface area contributed by atoms with E-state index in [1.807, 2.05) is 0 Å². The number of halogens is 2. The fraction of sp³-hybridized carbons (Fsp3) is 0.550. The fourth-order valence-corrected chi connectivity index (χ4v) is 7.48. The van der Waals surface area contributed by atoms with Gasteiger partial charge in [0.1, 0.15) is 5.69 Å². The van der Waals surface area contributed by atoms with Gasteiger partial charge in [0.25, 0.3) is 0 Å². The van der Waals surface area contributed by atoms with Crippen LogP contribution in [0.4, 0.5) is 5.69 Å². The SMILES string of the molecule is CC=Cc1cc(C(=O)OC)cc(N(S(=O)(=O)CCCCCl)S(=O)(=O)CCCCCl)c1OC. The molecule has 0 atom stereocenters. The highest BCUT2D eigenvalue weighted by Gasteiger charge is 2.37. The van der Waals surface area contributed by atoms with Gasteiger partial charge in [-0.15, -0.1) is 23.2 Å². The summed E-state index contributed by atoms with van der Waals surface area (Å²) < 4.78 is 63.6. The molecule has 0 amide bonds. The minimum Gasteiger partial charge on any atom is -0.494 e. The average Bonchev–Trinajstić information content (AvgIpc) is 2.73. The smallest absolute Gasteiger partial charge is 0.337 e. The number of benzene rings is 1. The van der Waals surface area contributed by atoms with Crippen molar-refractivity contribution in [2.75, 3.05) is 41.2 Å². The van der Waals surface area contributed by atoms with E-state index in [1.54, 1.807) is 19.1 Å². The van der Waals surface area contributed by atoms with Crippen molar-refractivity contribution in [2.24, 2.45) is 0 Å². The molecule has 0 aliphatic carbocycles. The van der Waals surface area contributed by atoms with E-state index in [1.165, 1.54) is 20.3 Å². The van der Waals surface area contributed by atoms with E-state index in [0.29, 0.717) is 22.1 Å². The molecule has 32 heavy (non-hydrogen) atoms. The average molecular weight is 530 g/mol. The Morgan fingerprint density at radius 2 is 1.50 bits per heavy atom. The molecule has 182 valence electrons. The molecule has 1 aromatic rings. The Morgan fingerprint density at radius 3 is 1.91 bits per heavy atom. The van der Waals surface area contributed by atoms with Gasteiger partial charge in [0.2, 0.25) is 20.0 Å². The lowest BCUT2D eigenvalue weighted by molar-refractivity contribution is 0.0600. The first-order chi connectivity index (χ1) is 15.1. The minimum atomic E-state index is -4.36. The summed E-state index contributed by atoms with van der Waals surface area (Å²) in [5, 5.41) is 0. The molecule has 0 bridgehead atoms. The van der Waals surface area contributed by atoms with Crippen LogP contribution in [0.15, 0.2) is 18.2 Å². The molecule has 0 unspecified atom stereocenters. The number of ether oxygens (including phenoxy) is 2. The van der Waals surface area contributed by atoms with Crippen molar-refractivity contribution < 1.29 is 31.1 Å². The molecule has 1 aromatic carbocycles. The minimum absolute atomic E-state index is 0.00223. The lowest BCUT2D eigenvalue weighted by Crippen LogP contribution is -2.40. The van der Waals surface area contributed by atoms with Crippen molar-refractivity contribution >= 4 is 61.0 Å². The van der Waals surface area contributed by atoms with Crippen LogP contribution in [0.1, 0.15) is 48.5 Å². The summed E-state index contributed by atoms with van der Waals surface area (Å²) >= 11 is 11.3. The Bertz CT molecular complexity index is 969. The van der Waals surface area contributed by atoms with Crippen molar-refractivity contribution in [1.82, 2.24) is 0 Å². The third-order valence-corrected chi connectivity index (χ3v) is 9.25. The van der Waals surface area contributed by atoms with Crippen molar-refractivity contribution in [3.05, 3.63) is 29.3 Å². The summed E-state index contributed by atoms with van der Waals surface area (Å²) in [6, 6.07) is 2.59. The van der Waals surface area contributed by atoms with Crippen LogP contribution >= 0.6 is 23.2 Å². The Morgan fingerprint density at radius 1 is 0.969 bits per heavy atom. The van der Waals surface area contributed by atoms with Gasteiger partial charge in [0.15, 0.2) is 5.75 Å². The van der Waals surface area contributed by atoms with Crippen LogP contribution in [-0.4, -0.2) is 60.3 Å². The van der Waals surface area contributed by atoms with E-state index in [9.17, 15) is 21.6 Å². The van der Waals surface area contributed by atoms with Crippen LogP contribution in [0.2, 0.25) is 0 Å². The number of unbranched alkanes of at least 4 members (excludes halogenated alkanes) is 2. The van der Waals surface area contributed by atoms with E-state index in [0.717, 1.165) is 6.07 Å². The maximum Gasteiger partial charge on any atom is 0.337 e. The third-order valence-electron chi connectivity index (χ3n) is 4.34. The highest BCUT2D eigenvalue weighted by Crippen LogP contribution is 2.38. The zero-order chi connectivity index (χ0) is 24.4. The number of carbonyl (C=O) groups is 1. The first-order valence-electron chi connectivity index (χ1n) is 9.90. The molecular weight excluding hydrogens is 501 g/mol. The molecule has 0 saturated heterocycles.